The molecule has 0 bridgehead atoms. The highest BCUT2D eigenvalue weighted by molar-refractivity contribution is 6.43. The predicted molar refractivity (Wildman–Crippen MR) is 100 cm³/mol. The number of benzene rings is 2. The van der Waals surface area contributed by atoms with Crippen molar-refractivity contribution < 1.29 is 14.3 Å². The largest absolute Gasteiger partial charge is 0.495 e. The first-order valence-electron chi connectivity index (χ1n) is 8.08. The van der Waals surface area contributed by atoms with Gasteiger partial charge in [0, 0.05) is 5.69 Å². The highest BCUT2D eigenvalue weighted by atomic mass is 16.5. The Kier molecular flexibility index (Phi) is 5.47. The van der Waals surface area contributed by atoms with Gasteiger partial charge in [-0.15, -0.1) is 0 Å². The minimum Gasteiger partial charge on any atom is -0.495 e. The molecule has 132 valence electrons. The van der Waals surface area contributed by atoms with Gasteiger partial charge in [0.1, 0.15) is 5.75 Å². The smallest absolute Gasteiger partial charge is 0.314 e. The van der Waals surface area contributed by atoms with E-state index in [0.717, 1.165) is 11.1 Å². The van der Waals surface area contributed by atoms with Crippen molar-refractivity contribution in [3.05, 3.63) is 53.6 Å². The van der Waals surface area contributed by atoms with Crippen LogP contribution in [-0.4, -0.2) is 18.9 Å². The van der Waals surface area contributed by atoms with E-state index in [1.54, 1.807) is 18.2 Å². The zero-order chi connectivity index (χ0) is 18.6. The lowest BCUT2D eigenvalue weighted by molar-refractivity contribution is -0.133. The number of amides is 2. The van der Waals surface area contributed by atoms with E-state index in [9.17, 15) is 9.59 Å². The number of methoxy groups -OCH3 is 1. The van der Waals surface area contributed by atoms with E-state index in [2.05, 4.69) is 31.4 Å². The van der Waals surface area contributed by atoms with E-state index in [1.165, 1.54) is 7.11 Å². The monoisotopic (exact) mass is 340 g/mol. The molecule has 5 nitrogen and oxygen atoms in total. The summed E-state index contributed by atoms with van der Waals surface area (Å²) in [5.74, 6) is -0.971. The second-order valence-corrected chi connectivity index (χ2v) is 6.94. The van der Waals surface area contributed by atoms with E-state index in [0.29, 0.717) is 17.1 Å². The molecule has 2 aromatic rings. The van der Waals surface area contributed by atoms with Crippen LogP contribution in [0.25, 0.3) is 0 Å². The fourth-order valence-electron chi connectivity index (χ4n) is 2.28. The first kappa shape index (κ1) is 18.5. The van der Waals surface area contributed by atoms with Crippen LogP contribution in [0, 0.1) is 6.92 Å². The number of anilines is 2. The van der Waals surface area contributed by atoms with Crippen LogP contribution in [-0.2, 0) is 15.0 Å². The van der Waals surface area contributed by atoms with Gasteiger partial charge < -0.3 is 15.4 Å². The van der Waals surface area contributed by atoms with Crippen molar-refractivity contribution in [2.75, 3.05) is 17.7 Å². The fourth-order valence-corrected chi connectivity index (χ4v) is 2.28. The summed E-state index contributed by atoms with van der Waals surface area (Å²) in [6.07, 6.45) is 0. The van der Waals surface area contributed by atoms with E-state index < -0.39 is 11.8 Å². The molecular formula is C20H24N2O3. The molecule has 0 aliphatic rings. The van der Waals surface area contributed by atoms with Crippen LogP contribution in [0.2, 0.25) is 0 Å². The molecule has 0 saturated heterocycles. The molecule has 2 N–H and O–H groups in total. The maximum atomic E-state index is 12.2. The first-order valence-corrected chi connectivity index (χ1v) is 8.08. The zero-order valence-electron chi connectivity index (χ0n) is 15.3. The molecule has 0 spiro atoms. The minimum absolute atomic E-state index is 0.0874. The number of hydrogen-bond donors (Lipinski definition) is 2. The second kappa shape index (κ2) is 7.38. The standard InChI is InChI=1S/C20H24N2O3/c1-13-6-9-15(10-7-13)21-18(23)19(24)22-16-12-14(20(2,3)4)8-11-17(16)25-5/h6-12H,1-5H3,(H,21,23)(H,22,24). The Bertz CT molecular complexity index is 775. The third kappa shape index (κ3) is 4.83. The Hall–Kier alpha value is -2.82. The molecule has 25 heavy (non-hydrogen) atoms. The van der Waals surface area contributed by atoms with Crippen molar-refractivity contribution in [2.45, 2.75) is 33.1 Å². The molecular weight excluding hydrogens is 316 g/mol. The van der Waals surface area contributed by atoms with Gasteiger partial charge in [-0.25, -0.2) is 0 Å². The van der Waals surface area contributed by atoms with Gasteiger partial charge in [0.2, 0.25) is 0 Å². The first-order chi connectivity index (χ1) is 11.7. The lowest BCUT2D eigenvalue weighted by Gasteiger charge is -2.21. The van der Waals surface area contributed by atoms with Gasteiger partial charge in [0.05, 0.1) is 12.8 Å². The molecule has 0 radical (unpaired) electrons. The molecule has 0 unspecified atom stereocenters. The predicted octanol–water partition coefficient (Wildman–Crippen LogP) is 3.88. The topological polar surface area (TPSA) is 67.4 Å². The number of carbonyl (C=O) groups excluding carboxylic acids is 2. The Labute approximate surface area is 148 Å². The lowest BCUT2D eigenvalue weighted by Crippen LogP contribution is -2.29. The second-order valence-electron chi connectivity index (χ2n) is 6.94. The number of nitrogens with one attached hydrogen (secondary N) is 2. The third-order valence-corrected chi connectivity index (χ3v) is 3.83. The summed E-state index contributed by atoms with van der Waals surface area (Å²) in [5.41, 5.74) is 3.06. The van der Waals surface area contributed by atoms with Gasteiger partial charge in [-0.3, -0.25) is 9.59 Å². The molecule has 0 fully saturated rings. The Morgan fingerprint density at radius 1 is 0.920 bits per heavy atom. The summed E-state index contributed by atoms with van der Waals surface area (Å²) in [7, 11) is 1.52. The van der Waals surface area contributed by atoms with Crippen molar-refractivity contribution in [2.24, 2.45) is 0 Å². The SMILES string of the molecule is COc1ccc(C(C)(C)C)cc1NC(=O)C(=O)Nc1ccc(C)cc1. The van der Waals surface area contributed by atoms with Crippen molar-refractivity contribution in [3.63, 3.8) is 0 Å². The van der Waals surface area contributed by atoms with Crippen LogP contribution < -0.4 is 15.4 Å². The average Bonchev–Trinajstić information content (AvgIpc) is 2.56. The van der Waals surface area contributed by atoms with Crippen LogP contribution in [0.1, 0.15) is 31.9 Å². The van der Waals surface area contributed by atoms with Gasteiger partial charge in [-0.05, 0) is 42.2 Å². The zero-order valence-corrected chi connectivity index (χ0v) is 15.3. The number of hydrogen-bond acceptors (Lipinski definition) is 3. The number of aryl methyl sites for hydroxylation is 1. The molecule has 5 heteroatoms. The summed E-state index contributed by atoms with van der Waals surface area (Å²) < 4.78 is 5.28. The summed E-state index contributed by atoms with van der Waals surface area (Å²) in [6.45, 7) is 8.17. The summed E-state index contributed by atoms with van der Waals surface area (Å²) in [5, 5.41) is 5.21. The van der Waals surface area contributed by atoms with Gasteiger partial charge in [0.15, 0.2) is 0 Å². The fraction of sp³-hybridized carbons (Fsp3) is 0.300. The maximum absolute atomic E-state index is 12.2. The van der Waals surface area contributed by atoms with Crippen molar-refractivity contribution in [1.29, 1.82) is 0 Å². The van der Waals surface area contributed by atoms with Gasteiger partial charge in [0.25, 0.3) is 0 Å². The van der Waals surface area contributed by atoms with Crippen LogP contribution in [0.3, 0.4) is 0 Å². The molecule has 0 saturated carbocycles. The Morgan fingerprint density at radius 3 is 2.08 bits per heavy atom. The van der Waals surface area contributed by atoms with Crippen LogP contribution in [0.15, 0.2) is 42.5 Å². The molecule has 0 aliphatic carbocycles. The van der Waals surface area contributed by atoms with Gasteiger partial charge in [-0.1, -0.05) is 44.5 Å². The summed E-state index contributed by atoms with van der Waals surface area (Å²) in [4.78, 5) is 24.4. The average molecular weight is 340 g/mol. The quantitative estimate of drug-likeness (QED) is 0.833. The normalized spacial score (nSPS) is 10.9. The highest BCUT2D eigenvalue weighted by Gasteiger charge is 2.19. The molecule has 0 aromatic heterocycles. The molecule has 0 aliphatic heterocycles. The Balaban J connectivity index is 2.15. The molecule has 0 atom stereocenters. The molecule has 2 aromatic carbocycles. The van der Waals surface area contributed by atoms with Crippen molar-refractivity contribution in [3.8, 4) is 5.75 Å². The lowest BCUT2D eigenvalue weighted by atomic mass is 9.87. The van der Waals surface area contributed by atoms with Crippen LogP contribution >= 0.6 is 0 Å². The maximum Gasteiger partial charge on any atom is 0.314 e. The summed E-state index contributed by atoms with van der Waals surface area (Å²) >= 11 is 0. The van der Waals surface area contributed by atoms with E-state index in [-0.39, 0.29) is 5.41 Å². The van der Waals surface area contributed by atoms with E-state index >= 15 is 0 Å². The number of rotatable bonds is 3. The molecule has 2 amide bonds. The Morgan fingerprint density at radius 2 is 1.52 bits per heavy atom. The molecule has 0 heterocycles. The minimum atomic E-state index is -0.745. The highest BCUT2D eigenvalue weighted by Crippen LogP contribution is 2.31. The van der Waals surface area contributed by atoms with Gasteiger partial charge >= 0.3 is 11.8 Å². The van der Waals surface area contributed by atoms with Crippen LogP contribution in [0.4, 0.5) is 11.4 Å². The third-order valence-electron chi connectivity index (χ3n) is 3.83. The summed E-state index contributed by atoms with van der Waals surface area (Å²) in [6, 6.07) is 12.8. The van der Waals surface area contributed by atoms with Crippen molar-refractivity contribution >= 4 is 23.2 Å². The van der Waals surface area contributed by atoms with E-state index in [1.807, 2.05) is 31.2 Å². The molecule has 2 rings (SSSR count). The number of ether oxygens (including phenoxy) is 1. The van der Waals surface area contributed by atoms with Crippen LogP contribution in [0.5, 0.6) is 5.75 Å². The van der Waals surface area contributed by atoms with Crippen molar-refractivity contribution in [1.82, 2.24) is 0 Å². The van der Waals surface area contributed by atoms with Gasteiger partial charge in [-0.2, -0.15) is 0 Å². The number of carbonyl (C=O) groups is 2. The van der Waals surface area contributed by atoms with E-state index in [4.69, 9.17) is 4.74 Å².